The number of carbonyl (C=O) groups excluding carboxylic acids is 1. The van der Waals surface area contributed by atoms with Gasteiger partial charge in [0.15, 0.2) is 5.78 Å². The van der Waals surface area contributed by atoms with Gasteiger partial charge in [0.1, 0.15) is 0 Å². The van der Waals surface area contributed by atoms with E-state index in [-0.39, 0.29) is 17.9 Å². The molecule has 0 aliphatic carbocycles. The molecule has 126 valence electrons. The lowest BCUT2D eigenvalue weighted by atomic mass is 9.97. The highest BCUT2D eigenvalue weighted by Crippen LogP contribution is 2.32. The fourth-order valence-electron chi connectivity index (χ4n) is 3.47. The van der Waals surface area contributed by atoms with Crippen LogP contribution in [0.3, 0.4) is 0 Å². The molecule has 1 N–H and O–H groups in total. The number of nitrogens with zero attached hydrogens (tertiary/aromatic N) is 1. The topological polar surface area (TPSA) is 42.0 Å². The number of carbonyl (C=O) groups is 1. The third-order valence-corrected chi connectivity index (χ3v) is 5.64. The molecule has 3 heterocycles. The number of aryl methyl sites for hydroxylation is 1. The maximum atomic E-state index is 13.1. The zero-order valence-corrected chi connectivity index (χ0v) is 14.9. The summed E-state index contributed by atoms with van der Waals surface area (Å²) in [5.41, 5.74) is 4.06. The minimum absolute atomic E-state index is 0.145. The molecular weight excluding hydrogens is 328 g/mol. The lowest BCUT2D eigenvalue weighted by Crippen LogP contribution is -2.32. The summed E-state index contributed by atoms with van der Waals surface area (Å²) in [6.07, 6.45) is 3.62. The first-order valence-electron chi connectivity index (χ1n) is 8.58. The van der Waals surface area contributed by atoms with Gasteiger partial charge in [-0.1, -0.05) is 30.3 Å². The van der Waals surface area contributed by atoms with Gasteiger partial charge in [0.25, 0.3) is 0 Å². The van der Waals surface area contributed by atoms with Gasteiger partial charge in [0.05, 0.1) is 17.8 Å². The number of ketones is 1. The van der Waals surface area contributed by atoms with E-state index in [4.69, 9.17) is 0 Å². The monoisotopic (exact) mass is 348 g/mol. The van der Waals surface area contributed by atoms with Gasteiger partial charge in [-0.25, -0.2) is 0 Å². The molecule has 3 aromatic rings. The lowest BCUT2D eigenvalue weighted by molar-refractivity contribution is 0.0950. The number of pyridine rings is 1. The van der Waals surface area contributed by atoms with Crippen LogP contribution in [0.15, 0.2) is 60.1 Å². The van der Waals surface area contributed by atoms with Gasteiger partial charge in [-0.2, -0.15) is 0 Å². The van der Waals surface area contributed by atoms with Crippen LogP contribution in [-0.4, -0.2) is 16.8 Å². The fraction of sp³-hybridized carbons (Fsp3) is 0.238. The first-order valence-corrected chi connectivity index (χ1v) is 9.46. The van der Waals surface area contributed by atoms with Crippen molar-refractivity contribution in [3.8, 4) is 10.4 Å². The van der Waals surface area contributed by atoms with Crippen LogP contribution >= 0.6 is 11.3 Å². The summed E-state index contributed by atoms with van der Waals surface area (Å²) >= 11 is 1.67. The van der Waals surface area contributed by atoms with Crippen LogP contribution in [0.2, 0.25) is 0 Å². The van der Waals surface area contributed by atoms with Crippen molar-refractivity contribution < 1.29 is 4.79 Å². The highest BCUT2D eigenvalue weighted by atomic mass is 32.1. The normalized spacial score (nSPS) is 19.9. The van der Waals surface area contributed by atoms with Crippen molar-refractivity contribution in [1.82, 2.24) is 10.3 Å². The number of Topliss-reactive ketones (excluding diaryl/α,β-unsaturated/α-hetero) is 1. The standard InChI is InChI=1S/C21H20N2OS/c1-14-10-11-22-19(13-14)17-8-9-18(23-17)21(24)16-6-3-2-5-15(16)20-7-4-12-25-20/h2-7,10-13,17-18,23H,8-9H2,1H3. The Kier molecular flexibility index (Phi) is 4.47. The first kappa shape index (κ1) is 16.2. The molecule has 0 saturated carbocycles. The van der Waals surface area contributed by atoms with Gasteiger partial charge in [-0.3, -0.25) is 15.1 Å². The van der Waals surface area contributed by atoms with Crippen molar-refractivity contribution in [2.24, 2.45) is 0 Å². The summed E-state index contributed by atoms with van der Waals surface area (Å²) in [5.74, 6) is 0.180. The molecule has 1 aromatic carbocycles. The average molecular weight is 348 g/mol. The summed E-state index contributed by atoms with van der Waals surface area (Å²) in [6.45, 7) is 2.07. The van der Waals surface area contributed by atoms with Crippen LogP contribution in [0, 0.1) is 6.92 Å². The molecule has 1 aliphatic heterocycles. The van der Waals surface area contributed by atoms with Crippen LogP contribution in [0.4, 0.5) is 0 Å². The van der Waals surface area contributed by atoms with Crippen LogP contribution in [0.5, 0.6) is 0 Å². The molecule has 4 rings (SSSR count). The minimum atomic E-state index is -0.145. The van der Waals surface area contributed by atoms with Crippen molar-refractivity contribution in [2.75, 3.05) is 0 Å². The number of hydrogen-bond acceptors (Lipinski definition) is 4. The molecule has 0 spiro atoms. The molecule has 0 bridgehead atoms. The van der Waals surface area contributed by atoms with Crippen LogP contribution in [0.1, 0.15) is 40.5 Å². The molecule has 1 saturated heterocycles. The Morgan fingerprint density at radius 1 is 1.16 bits per heavy atom. The van der Waals surface area contributed by atoms with Crippen molar-refractivity contribution in [3.63, 3.8) is 0 Å². The fourth-order valence-corrected chi connectivity index (χ4v) is 4.23. The maximum Gasteiger partial charge on any atom is 0.180 e. The van der Waals surface area contributed by atoms with E-state index >= 15 is 0 Å². The maximum absolute atomic E-state index is 13.1. The Labute approximate surface area is 151 Å². The largest absolute Gasteiger partial charge is 0.299 e. The Morgan fingerprint density at radius 3 is 2.84 bits per heavy atom. The van der Waals surface area contributed by atoms with Gasteiger partial charge >= 0.3 is 0 Å². The predicted octanol–water partition coefficient (Wildman–Crippen LogP) is 4.79. The van der Waals surface area contributed by atoms with Gasteiger partial charge < -0.3 is 0 Å². The number of hydrogen-bond donors (Lipinski definition) is 1. The van der Waals surface area contributed by atoms with E-state index in [2.05, 4.69) is 29.4 Å². The van der Waals surface area contributed by atoms with E-state index in [1.165, 1.54) is 5.56 Å². The zero-order chi connectivity index (χ0) is 17.2. The Hall–Kier alpha value is -2.30. The minimum Gasteiger partial charge on any atom is -0.299 e. The van der Waals surface area contributed by atoms with Gasteiger partial charge in [0, 0.05) is 22.2 Å². The molecule has 25 heavy (non-hydrogen) atoms. The summed E-state index contributed by atoms with van der Waals surface area (Å²) in [7, 11) is 0. The summed E-state index contributed by atoms with van der Waals surface area (Å²) < 4.78 is 0. The predicted molar refractivity (Wildman–Crippen MR) is 102 cm³/mol. The molecule has 0 radical (unpaired) electrons. The smallest absolute Gasteiger partial charge is 0.180 e. The number of benzene rings is 1. The summed E-state index contributed by atoms with van der Waals surface area (Å²) in [5, 5.41) is 5.54. The quantitative estimate of drug-likeness (QED) is 0.689. The second kappa shape index (κ2) is 6.90. The lowest BCUT2D eigenvalue weighted by Gasteiger charge is -2.15. The van der Waals surface area contributed by atoms with E-state index in [1.54, 1.807) is 11.3 Å². The molecule has 0 amide bonds. The molecule has 2 unspecified atom stereocenters. The summed E-state index contributed by atoms with van der Waals surface area (Å²) in [6, 6.07) is 16.1. The van der Waals surface area contributed by atoms with Crippen LogP contribution in [-0.2, 0) is 0 Å². The van der Waals surface area contributed by atoms with Gasteiger partial charge in [-0.05, 0) is 48.9 Å². The highest BCUT2D eigenvalue weighted by molar-refractivity contribution is 7.13. The Balaban J connectivity index is 1.57. The van der Waals surface area contributed by atoms with Crippen molar-refractivity contribution in [1.29, 1.82) is 0 Å². The van der Waals surface area contributed by atoms with Crippen LogP contribution < -0.4 is 5.32 Å². The highest BCUT2D eigenvalue weighted by Gasteiger charge is 2.32. The Bertz CT molecular complexity index is 888. The molecule has 3 nitrogen and oxygen atoms in total. The Morgan fingerprint density at radius 2 is 2.04 bits per heavy atom. The third-order valence-electron chi connectivity index (χ3n) is 4.74. The zero-order valence-electron chi connectivity index (χ0n) is 14.1. The molecule has 1 aliphatic rings. The number of aromatic nitrogens is 1. The summed E-state index contributed by atoms with van der Waals surface area (Å²) in [4.78, 5) is 18.7. The van der Waals surface area contributed by atoms with Crippen LogP contribution in [0.25, 0.3) is 10.4 Å². The molecule has 4 heteroatoms. The molecular formula is C21H20N2OS. The SMILES string of the molecule is Cc1ccnc(C2CCC(C(=O)c3ccccc3-c3cccs3)N2)c1. The van der Waals surface area contributed by atoms with E-state index in [1.807, 2.05) is 48.0 Å². The molecule has 1 fully saturated rings. The second-order valence-electron chi connectivity index (χ2n) is 6.49. The van der Waals surface area contributed by atoms with Crippen molar-refractivity contribution in [2.45, 2.75) is 31.8 Å². The van der Waals surface area contributed by atoms with Crippen molar-refractivity contribution in [3.05, 3.63) is 76.9 Å². The number of thiophene rings is 1. The molecule has 2 atom stereocenters. The van der Waals surface area contributed by atoms with Crippen molar-refractivity contribution >= 4 is 17.1 Å². The number of nitrogens with one attached hydrogen (secondary N) is 1. The van der Waals surface area contributed by atoms with E-state index < -0.39 is 0 Å². The molecule has 2 aromatic heterocycles. The van der Waals surface area contributed by atoms with E-state index in [0.29, 0.717) is 0 Å². The average Bonchev–Trinajstić information content (AvgIpc) is 3.33. The van der Waals surface area contributed by atoms with Gasteiger partial charge in [-0.15, -0.1) is 11.3 Å². The van der Waals surface area contributed by atoms with E-state index in [0.717, 1.165) is 34.5 Å². The van der Waals surface area contributed by atoms with E-state index in [9.17, 15) is 4.79 Å². The number of rotatable bonds is 4. The first-order chi connectivity index (χ1) is 12.2. The second-order valence-corrected chi connectivity index (χ2v) is 7.44. The third kappa shape index (κ3) is 3.28. The van der Waals surface area contributed by atoms with Gasteiger partial charge in [0.2, 0.25) is 0 Å².